The second-order valence-corrected chi connectivity index (χ2v) is 7.62. The minimum atomic E-state index is 0.784. The number of nitrogens with zero attached hydrogens (tertiary/aromatic N) is 4. The fourth-order valence-corrected chi connectivity index (χ4v) is 5.14. The highest BCUT2D eigenvalue weighted by molar-refractivity contribution is 7.98. The maximum atomic E-state index is 4.92. The smallest absolute Gasteiger partial charge is 0.196 e. The zero-order chi connectivity index (χ0) is 14.6. The predicted octanol–water partition coefficient (Wildman–Crippen LogP) is 3.75. The second kappa shape index (κ2) is 4.95. The molecule has 0 fully saturated rings. The van der Waals surface area contributed by atoms with Crippen molar-refractivity contribution < 1.29 is 0 Å². The average molecular weight is 318 g/mol. The lowest BCUT2D eigenvalue weighted by atomic mass is 9.89. The van der Waals surface area contributed by atoms with Gasteiger partial charge < -0.3 is 0 Å². The summed E-state index contributed by atoms with van der Waals surface area (Å²) in [6, 6.07) is 0. The van der Waals surface area contributed by atoms with Gasteiger partial charge in [0.2, 0.25) is 0 Å². The number of aryl methyl sites for hydroxylation is 2. The number of rotatable bonds is 2. The molecule has 3 heterocycles. The van der Waals surface area contributed by atoms with Crippen molar-refractivity contribution in [3.05, 3.63) is 16.3 Å². The zero-order valence-corrected chi connectivity index (χ0v) is 14.1. The van der Waals surface area contributed by atoms with Crippen LogP contribution >= 0.6 is 23.1 Å². The fourth-order valence-electron chi connectivity index (χ4n) is 3.25. The lowest BCUT2D eigenvalue weighted by molar-refractivity contribution is 0.509. The molecule has 1 aliphatic rings. The van der Waals surface area contributed by atoms with Gasteiger partial charge in [-0.25, -0.2) is 4.98 Å². The molecule has 1 atom stereocenters. The molecule has 0 radical (unpaired) electrons. The molecule has 4 nitrogen and oxygen atoms in total. The standard InChI is InChI=1S/C15H18N4S2/c1-4-11-16-14-12(13-17-18-15(20-3)19(11)13)9-6-5-8(2)7-10(9)21-14/h8H,4-7H2,1-3H3/t8-/m0/s1. The number of aromatic nitrogens is 4. The van der Waals surface area contributed by atoms with Crippen LogP contribution < -0.4 is 0 Å². The summed E-state index contributed by atoms with van der Waals surface area (Å²) in [6.45, 7) is 4.49. The third-order valence-corrected chi connectivity index (χ3v) is 6.12. The molecule has 21 heavy (non-hydrogen) atoms. The molecule has 1 aliphatic carbocycles. The summed E-state index contributed by atoms with van der Waals surface area (Å²) in [4.78, 5) is 7.59. The van der Waals surface area contributed by atoms with E-state index < -0.39 is 0 Å². The van der Waals surface area contributed by atoms with Crippen LogP contribution in [0.2, 0.25) is 0 Å². The van der Waals surface area contributed by atoms with Gasteiger partial charge in [0.05, 0.1) is 5.39 Å². The first kappa shape index (κ1) is 13.5. The van der Waals surface area contributed by atoms with Crippen molar-refractivity contribution in [2.75, 3.05) is 6.26 Å². The van der Waals surface area contributed by atoms with Gasteiger partial charge in [-0.05, 0) is 37.0 Å². The molecule has 110 valence electrons. The van der Waals surface area contributed by atoms with Crippen LogP contribution in [-0.2, 0) is 19.3 Å². The van der Waals surface area contributed by atoms with E-state index in [1.165, 1.54) is 28.7 Å². The Morgan fingerprint density at radius 1 is 1.38 bits per heavy atom. The van der Waals surface area contributed by atoms with Crippen LogP contribution in [0.3, 0.4) is 0 Å². The third-order valence-electron chi connectivity index (χ3n) is 4.34. The molecule has 0 N–H and O–H groups in total. The second-order valence-electron chi connectivity index (χ2n) is 5.76. The van der Waals surface area contributed by atoms with Crippen molar-refractivity contribution in [3.8, 4) is 0 Å². The van der Waals surface area contributed by atoms with Gasteiger partial charge in [-0.15, -0.1) is 21.5 Å². The van der Waals surface area contributed by atoms with Gasteiger partial charge in [-0.1, -0.05) is 25.6 Å². The maximum absolute atomic E-state index is 4.92. The molecule has 0 amide bonds. The molecule has 4 rings (SSSR count). The van der Waals surface area contributed by atoms with E-state index >= 15 is 0 Å². The van der Waals surface area contributed by atoms with E-state index in [0.717, 1.165) is 40.2 Å². The molecule has 3 aromatic heterocycles. The summed E-state index contributed by atoms with van der Waals surface area (Å²) in [6.07, 6.45) is 6.56. The first-order valence-electron chi connectivity index (χ1n) is 7.45. The summed E-state index contributed by atoms with van der Waals surface area (Å²) in [7, 11) is 0. The van der Waals surface area contributed by atoms with E-state index in [1.54, 1.807) is 11.8 Å². The Bertz CT molecular complexity index is 833. The van der Waals surface area contributed by atoms with Crippen molar-refractivity contribution in [1.29, 1.82) is 0 Å². The molecular formula is C15H18N4S2. The molecular weight excluding hydrogens is 300 g/mol. The van der Waals surface area contributed by atoms with E-state index in [9.17, 15) is 0 Å². The van der Waals surface area contributed by atoms with Gasteiger partial charge >= 0.3 is 0 Å². The van der Waals surface area contributed by atoms with Crippen LogP contribution in [0.15, 0.2) is 5.16 Å². The van der Waals surface area contributed by atoms with Crippen molar-refractivity contribution in [2.24, 2.45) is 5.92 Å². The maximum Gasteiger partial charge on any atom is 0.196 e. The van der Waals surface area contributed by atoms with Crippen molar-refractivity contribution in [1.82, 2.24) is 19.6 Å². The molecule has 0 saturated carbocycles. The van der Waals surface area contributed by atoms with Gasteiger partial charge in [0, 0.05) is 11.3 Å². The molecule has 0 saturated heterocycles. The molecule has 0 spiro atoms. The largest absolute Gasteiger partial charge is 0.257 e. The van der Waals surface area contributed by atoms with Gasteiger partial charge in [-0.3, -0.25) is 4.40 Å². The molecule has 0 unspecified atom stereocenters. The Balaban J connectivity index is 2.10. The number of thiophene rings is 1. The zero-order valence-electron chi connectivity index (χ0n) is 12.5. The Morgan fingerprint density at radius 2 is 2.24 bits per heavy atom. The van der Waals surface area contributed by atoms with Crippen LogP contribution in [0, 0.1) is 5.92 Å². The Hall–Kier alpha value is -1.14. The quantitative estimate of drug-likeness (QED) is 0.675. The summed E-state index contributed by atoms with van der Waals surface area (Å²) in [5.41, 5.74) is 2.49. The minimum Gasteiger partial charge on any atom is -0.257 e. The van der Waals surface area contributed by atoms with Crippen LogP contribution in [0.4, 0.5) is 0 Å². The Labute approximate surface area is 132 Å². The van der Waals surface area contributed by atoms with Crippen LogP contribution in [0.5, 0.6) is 0 Å². The van der Waals surface area contributed by atoms with Crippen LogP contribution in [-0.4, -0.2) is 25.8 Å². The number of hydrogen-bond donors (Lipinski definition) is 0. The minimum absolute atomic E-state index is 0.784. The first-order chi connectivity index (χ1) is 10.2. The van der Waals surface area contributed by atoms with Crippen molar-refractivity contribution in [3.63, 3.8) is 0 Å². The van der Waals surface area contributed by atoms with E-state index in [1.807, 2.05) is 17.6 Å². The predicted molar refractivity (Wildman–Crippen MR) is 88.5 cm³/mol. The van der Waals surface area contributed by atoms with Gasteiger partial charge in [-0.2, -0.15) is 0 Å². The lowest BCUT2D eigenvalue weighted by Crippen LogP contribution is -2.09. The summed E-state index contributed by atoms with van der Waals surface area (Å²) < 4.78 is 2.15. The highest BCUT2D eigenvalue weighted by Crippen LogP contribution is 2.39. The number of hydrogen-bond acceptors (Lipinski definition) is 5. The monoisotopic (exact) mass is 318 g/mol. The first-order valence-corrected chi connectivity index (χ1v) is 9.49. The third kappa shape index (κ3) is 1.92. The molecule has 0 aromatic carbocycles. The number of thioether (sulfide) groups is 1. The average Bonchev–Trinajstić information content (AvgIpc) is 3.05. The molecule has 0 aliphatic heterocycles. The van der Waals surface area contributed by atoms with Crippen LogP contribution in [0.1, 0.15) is 36.5 Å². The van der Waals surface area contributed by atoms with E-state index in [2.05, 4.69) is 28.4 Å². The topological polar surface area (TPSA) is 43.1 Å². The van der Waals surface area contributed by atoms with Crippen molar-refractivity contribution >= 4 is 39.0 Å². The normalized spacial score (nSPS) is 18.5. The fraction of sp³-hybridized carbons (Fsp3) is 0.533. The highest BCUT2D eigenvalue weighted by Gasteiger charge is 2.24. The Kier molecular flexibility index (Phi) is 3.19. The van der Waals surface area contributed by atoms with E-state index in [4.69, 9.17) is 4.98 Å². The summed E-state index contributed by atoms with van der Waals surface area (Å²) in [5, 5.41) is 11.0. The highest BCUT2D eigenvalue weighted by atomic mass is 32.2. The van der Waals surface area contributed by atoms with Gasteiger partial charge in [0.15, 0.2) is 10.8 Å². The SMILES string of the molecule is CCc1nc2sc3c(c2c2nnc(SC)n12)CC[C@H](C)C3. The molecule has 0 bridgehead atoms. The summed E-state index contributed by atoms with van der Waals surface area (Å²) in [5.74, 6) is 1.85. The van der Waals surface area contributed by atoms with E-state index in [0.29, 0.717) is 0 Å². The van der Waals surface area contributed by atoms with E-state index in [-0.39, 0.29) is 0 Å². The number of fused-ring (bicyclic) bond motifs is 5. The summed E-state index contributed by atoms with van der Waals surface area (Å²) >= 11 is 3.50. The molecule has 3 aromatic rings. The van der Waals surface area contributed by atoms with Gasteiger partial charge in [0.1, 0.15) is 10.7 Å². The van der Waals surface area contributed by atoms with Crippen molar-refractivity contribution in [2.45, 2.75) is 44.7 Å². The van der Waals surface area contributed by atoms with Gasteiger partial charge in [0.25, 0.3) is 0 Å². The van der Waals surface area contributed by atoms with Crippen LogP contribution in [0.25, 0.3) is 15.9 Å². The lowest BCUT2D eigenvalue weighted by Gasteiger charge is -2.17. The molecule has 6 heteroatoms. The Morgan fingerprint density at radius 3 is 3.00 bits per heavy atom.